The highest BCUT2D eigenvalue weighted by Crippen LogP contribution is 2.32. The maximum absolute atomic E-state index is 6.02. The molecule has 50 valence electrons. The van der Waals surface area contributed by atoms with E-state index < -0.39 is 2.38 Å². The van der Waals surface area contributed by atoms with Gasteiger partial charge in [-0.05, 0) is 6.04 Å². The highest BCUT2D eigenvalue weighted by Gasteiger charge is 2.20. The van der Waals surface area contributed by atoms with Gasteiger partial charge in [-0.2, -0.15) is 0 Å². The molecule has 0 fully saturated rings. The number of rotatable bonds is 3. The molecule has 0 atom stereocenters. The molecule has 0 radical (unpaired) electrons. The Bertz CT molecular complexity index is 61.5. The van der Waals surface area contributed by atoms with Crippen LogP contribution in [0.4, 0.5) is 0 Å². The van der Waals surface area contributed by atoms with Gasteiger partial charge in [-0.1, -0.05) is 63.4 Å². The fourth-order valence-corrected chi connectivity index (χ4v) is 3.82. The maximum Gasteiger partial charge on any atom is 0.283 e. The predicted molar refractivity (Wildman–Crippen MR) is 59.4 cm³/mol. The van der Waals surface area contributed by atoms with Crippen LogP contribution >= 0.6 is 54.7 Å². The van der Waals surface area contributed by atoms with E-state index in [0.717, 1.165) is 0 Å². The average Bonchev–Trinajstić information content (AvgIpc) is 1.59. The predicted octanol–water partition coefficient (Wildman–Crippen LogP) is 3.83. The average molecular weight is 374 g/mol. The summed E-state index contributed by atoms with van der Waals surface area (Å²) in [4.78, 5) is 0. The topological polar surface area (TPSA) is 0 Å². The van der Waals surface area contributed by atoms with Crippen molar-refractivity contribution in [1.29, 1.82) is 0 Å². The summed E-state index contributed by atoms with van der Waals surface area (Å²) < 4.78 is -1.27. The Morgan fingerprint density at radius 2 is 2.00 bits per heavy atom. The Hall–Kier alpha value is 1.97. The van der Waals surface area contributed by atoms with Crippen molar-refractivity contribution in [2.75, 3.05) is 0 Å². The van der Waals surface area contributed by atoms with Crippen molar-refractivity contribution < 1.29 is 0 Å². The second-order valence-electron chi connectivity index (χ2n) is 1.72. The molecule has 0 unspecified atom stereocenters. The number of hydrogen-bond donors (Lipinski definition) is 0. The van der Waals surface area contributed by atoms with Crippen molar-refractivity contribution in [3.8, 4) is 0 Å². The van der Waals surface area contributed by atoms with Crippen LogP contribution in [0.2, 0.25) is 6.04 Å². The zero-order valence-electron chi connectivity index (χ0n) is 4.76. The molecule has 0 nitrogen and oxygen atoms in total. The summed E-state index contributed by atoms with van der Waals surface area (Å²) in [6.45, 7) is 2.20. The van der Waals surface area contributed by atoms with Gasteiger partial charge >= 0.3 is 0 Å². The summed E-state index contributed by atoms with van der Waals surface area (Å²) in [6, 6.07) is 1.24. The van der Waals surface area contributed by atoms with Crippen LogP contribution in [0, 0.1) is 0 Å². The molecule has 0 spiro atoms. The van der Waals surface area contributed by atoms with Crippen molar-refractivity contribution in [3.63, 3.8) is 0 Å². The molecule has 0 aromatic heterocycles. The molecule has 0 saturated carbocycles. The smallest absolute Gasteiger partial charge is 0.139 e. The van der Waals surface area contributed by atoms with Gasteiger partial charge < -0.3 is 0 Å². The zero-order chi connectivity index (χ0) is 6.62. The first kappa shape index (κ1) is 9.97. The summed E-state index contributed by atoms with van der Waals surface area (Å²) >= 11 is 10.8. The first-order chi connectivity index (χ1) is 3.56. The second-order valence-corrected chi connectivity index (χ2v) is 26.5. The van der Waals surface area contributed by atoms with Crippen molar-refractivity contribution in [2.24, 2.45) is 0 Å². The van der Waals surface area contributed by atoms with Crippen LogP contribution in [0.1, 0.15) is 19.8 Å². The Labute approximate surface area is 81.9 Å². The highest BCUT2D eigenvalue weighted by molar-refractivity contribution is 14.3. The fourth-order valence-electron chi connectivity index (χ4n) is 0.377. The minimum absolute atomic E-state index is 1.24. The van der Waals surface area contributed by atoms with Crippen LogP contribution in [0.3, 0.4) is 0 Å². The normalized spacial score (nSPS) is 12.0. The fraction of sp³-hybridized carbons (Fsp3) is 1.00. The molecule has 0 bridgehead atoms. The maximum atomic E-state index is 6.02. The largest absolute Gasteiger partial charge is 0.283 e. The third-order valence-electron chi connectivity index (χ3n) is 0.814. The number of unbranched alkanes of at least 4 members (excludes halogenated alkanes) is 1. The second kappa shape index (κ2) is 4.73. The zero-order valence-corrected chi connectivity index (χ0v) is 10.8. The Morgan fingerprint density at radius 3 is 2.12 bits per heavy atom. The highest BCUT2D eigenvalue weighted by atomic mass is 127. The van der Waals surface area contributed by atoms with Crippen molar-refractivity contribution in [1.82, 2.24) is 0 Å². The van der Waals surface area contributed by atoms with E-state index in [2.05, 4.69) is 50.5 Å². The first-order valence-corrected chi connectivity index (χ1v) is 12.1. The van der Waals surface area contributed by atoms with Crippen LogP contribution in [-0.2, 0) is 0 Å². The molecule has 0 aromatic rings. The first-order valence-electron chi connectivity index (χ1n) is 2.63. The van der Waals surface area contributed by atoms with E-state index in [9.17, 15) is 0 Å². The third kappa shape index (κ3) is 7.97. The quantitative estimate of drug-likeness (QED) is 0.400. The Morgan fingerprint density at radius 1 is 1.50 bits per heavy atom. The lowest BCUT2D eigenvalue weighted by molar-refractivity contribution is 0.881. The summed E-state index contributed by atoms with van der Waals surface area (Å²) in [5, 5.41) is 0. The van der Waals surface area contributed by atoms with E-state index in [0.29, 0.717) is 0 Å². The molecule has 0 rings (SSSR count). The van der Waals surface area contributed by atoms with E-state index in [4.69, 9.17) is 11.1 Å². The standard InChI is InChI=1S/C4H9ClI2Si/c1-2-3-4-8(5,6)7/h2-4H2,1H3. The van der Waals surface area contributed by atoms with Crippen molar-refractivity contribution in [3.05, 3.63) is 0 Å². The minimum atomic E-state index is -1.27. The van der Waals surface area contributed by atoms with Crippen LogP contribution in [-0.4, -0.2) is 2.38 Å². The van der Waals surface area contributed by atoms with Crippen LogP contribution in [0.25, 0.3) is 0 Å². The lowest BCUT2D eigenvalue weighted by Gasteiger charge is -2.05. The lowest BCUT2D eigenvalue weighted by atomic mass is 10.4. The molecule has 0 aliphatic carbocycles. The van der Waals surface area contributed by atoms with Crippen LogP contribution in [0.15, 0.2) is 0 Å². The molecular weight excluding hydrogens is 365 g/mol. The summed E-state index contributed by atoms with van der Waals surface area (Å²) in [6.07, 6.45) is 2.56. The number of halogens is 3. The van der Waals surface area contributed by atoms with Crippen molar-refractivity contribution in [2.45, 2.75) is 25.8 Å². The summed E-state index contributed by atoms with van der Waals surface area (Å²) in [7, 11) is 0. The molecule has 0 aromatic carbocycles. The van der Waals surface area contributed by atoms with E-state index >= 15 is 0 Å². The monoisotopic (exact) mass is 374 g/mol. The molecule has 0 aliphatic rings. The van der Waals surface area contributed by atoms with Gasteiger partial charge in [0.15, 0.2) is 0 Å². The van der Waals surface area contributed by atoms with Gasteiger partial charge in [0.25, 0.3) is 2.38 Å². The molecule has 0 aliphatic heterocycles. The van der Waals surface area contributed by atoms with Gasteiger partial charge in [-0.3, -0.25) is 0 Å². The van der Waals surface area contributed by atoms with Gasteiger partial charge in [-0.15, -0.1) is 11.1 Å². The molecular formula is C4H9ClI2Si. The molecule has 0 saturated heterocycles. The number of hydrogen-bond acceptors (Lipinski definition) is 0. The Kier molecular flexibility index (Phi) is 5.90. The molecule has 4 heteroatoms. The van der Waals surface area contributed by atoms with Crippen molar-refractivity contribution >= 4 is 57.1 Å². The van der Waals surface area contributed by atoms with Crippen LogP contribution < -0.4 is 0 Å². The van der Waals surface area contributed by atoms with E-state index in [-0.39, 0.29) is 0 Å². The Balaban J connectivity index is 3.11. The van der Waals surface area contributed by atoms with E-state index in [1.807, 2.05) is 0 Å². The SMILES string of the molecule is CCCC[Si](Cl)(I)I. The van der Waals surface area contributed by atoms with E-state index in [1.54, 1.807) is 0 Å². The lowest BCUT2D eigenvalue weighted by Crippen LogP contribution is -2.04. The minimum Gasteiger partial charge on any atom is -0.139 e. The molecule has 0 amide bonds. The molecule has 8 heavy (non-hydrogen) atoms. The van der Waals surface area contributed by atoms with Gasteiger partial charge in [0.05, 0.1) is 0 Å². The van der Waals surface area contributed by atoms with E-state index in [1.165, 1.54) is 18.9 Å². The third-order valence-corrected chi connectivity index (χ3v) is 5.54. The van der Waals surface area contributed by atoms with Gasteiger partial charge in [0.1, 0.15) is 0 Å². The van der Waals surface area contributed by atoms with Gasteiger partial charge in [0.2, 0.25) is 0 Å². The van der Waals surface area contributed by atoms with Gasteiger partial charge in [0, 0.05) is 0 Å². The molecule has 0 heterocycles. The summed E-state index contributed by atoms with van der Waals surface area (Å²) in [5.74, 6) is 0. The molecule has 0 N–H and O–H groups in total. The van der Waals surface area contributed by atoms with Crippen LogP contribution in [0.5, 0.6) is 0 Å². The van der Waals surface area contributed by atoms with Gasteiger partial charge in [-0.25, -0.2) is 0 Å². The summed E-state index contributed by atoms with van der Waals surface area (Å²) in [5.41, 5.74) is 0.